The highest BCUT2D eigenvalue weighted by molar-refractivity contribution is 6.05. The van der Waals surface area contributed by atoms with Gasteiger partial charge in [-0.1, -0.05) is 6.07 Å². The molecule has 1 aliphatic heterocycles. The Labute approximate surface area is 183 Å². The van der Waals surface area contributed by atoms with Gasteiger partial charge in [0.2, 0.25) is 0 Å². The summed E-state index contributed by atoms with van der Waals surface area (Å²) in [5.74, 6) is -0.896. The number of hydrogen-bond acceptors (Lipinski definition) is 3. The van der Waals surface area contributed by atoms with E-state index in [0.29, 0.717) is 35.7 Å². The second-order valence-electron chi connectivity index (χ2n) is 7.28. The number of nitrogens with one attached hydrogen (secondary N) is 2. The molecule has 0 saturated carbocycles. The van der Waals surface area contributed by atoms with Gasteiger partial charge in [-0.2, -0.15) is 0 Å². The smallest absolute Gasteiger partial charge is 0.326 e. The highest BCUT2D eigenvalue weighted by Gasteiger charge is 2.28. The van der Waals surface area contributed by atoms with Crippen LogP contribution in [0.2, 0.25) is 0 Å². The van der Waals surface area contributed by atoms with Gasteiger partial charge in [0.05, 0.1) is 7.11 Å². The van der Waals surface area contributed by atoms with E-state index in [-0.39, 0.29) is 18.1 Å². The number of carbonyl (C=O) groups excluding carboxylic acids is 2. The molecule has 0 radical (unpaired) electrons. The fourth-order valence-electron chi connectivity index (χ4n) is 3.67. The third kappa shape index (κ3) is 4.39. The minimum Gasteiger partial charge on any atom is -0.497 e. The first-order valence-electron chi connectivity index (χ1n) is 10.0. The van der Waals surface area contributed by atoms with Crippen molar-refractivity contribution in [1.29, 1.82) is 0 Å². The number of amides is 3. The van der Waals surface area contributed by atoms with Crippen LogP contribution in [0.5, 0.6) is 5.75 Å². The molecule has 0 aromatic heterocycles. The molecule has 0 aliphatic carbocycles. The third-order valence-corrected chi connectivity index (χ3v) is 5.31. The molecule has 0 atom stereocenters. The van der Waals surface area contributed by atoms with Crippen LogP contribution in [-0.2, 0) is 13.0 Å². The largest absolute Gasteiger partial charge is 0.497 e. The maximum atomic E-state index is 13.8. The molecule has 1 aliphatic rings. The molecular formula is C24H21F2N3O3. The molecule has 0 spiro atoms. The van der Waals surface area contributed by atoms with Gasteiger partial charge in [0.1, 0.15) is 17.4 Å². The van der Waals surface area contributed by atoms with E-state index in [4.69, 9.17) is 4.74 Å². The molecule has 3 aromatic carbocycles. The normalized spacial score (nSPS) is 12.3. The van der Waals surface area contributed by atoms with Gasteiger partial charge in [-0.15, -0.1) is 0 Å². The molecular weight excluding hydrogens is 416 g/mol. The van der Waals surface area contributed by atoms with E-state index in [9.17, 15) is 18.4 Å². The number of carbonyl (C=O) groups is 2. The molecule has 1 heterocycles. The van der Waals surface area contributed by atoms with Crippen LogP contribution in [-0.4, -0.2) is 25.6 Å². The summed E-state index contributed by atoms with van der Waals surface area (Å²) < 4.78 is 32.3. The molecule has 164 valence electrons. The zero-order valence-electron chi connectivity index (χ0n) is 17.3. The van der Waals surface area contributed by atoms with Crippen molar-refractivity contribution in [2.24, 2.45) is 0 Å². The number of anilines is 2. The Kier molecular flexibility index (Phi) is 6.02. The predicted molar refractivity (Wildman–Crippen MR) is 117 cm³/mol. The minimum atomic E-state index is -0.591. The van der Waals surface area contributed by atoms with Crippen LogP contribution in [0, 0.1) is 11.6 Å². The van der Waals surface area contributed by atoms with Crippen molar-refractivity contribution < 1.29 is 23.1 Å². The van der Waals surface area contributed by atoms with E-state index in [2.05, 4.69) is 10.6 Å². The second-order valence-corrected chi connectivity index (χ2v) is 7.28. The summed E-state index contributed by atoms with van der Waals surface area (Å²) in [6, 6.07) is 14.9. The summed E-state index contributed by atoms with van der Waals surface area (Å²) in [5, 5.41) is 5.47. The first-order chi connectivity index (χ1) is 15.5. The zero-order valence-corrected chi connectivity index (χ0v) is 17.3. The standard InChI is InChI=1S/C24H21F2N3O3/c1-32-18-8-6-17(7-9-18)28-24(31)29-12-11-19-20(3-2-4-22(19)29)23(30)27-14-15-13-16(25)5-10-21(15)26/h2-10,13H,11-12,14H2,1H3,(H,27,30)(H,28,31). The third-order valence-electron chi connectivity index (χ3n) is 5.31. The first-order valence-corrected chi connectivity index (χ1v) is 10.0. The van der Waals surface area contributed by atoms with Crippen LogP contribution < -0.4 is 20.3 Å². The summed E-state index contributed by atoms with van der Waals surface area (Å²) in [7, 11) is 1.57. The summed E-state index contributed by atoms with van der Waals surface area (Å²) in [5.41, 5.74) is 2.45. The van der Waals surface area contributed by atoms with Crippen LogP contribution in [0.1, 0.15) is 21.5 Å². The Morgan fingerprint density at radius 1 is 1.06 bits per heavy atom. The van der Waals surface area contributed by atoms with Crippen molar-refractivity contribution in [3.63, 3.8) is 0 Å². The maximum Gasteiger partial charge on any atom is 0.326 e. The lowest BCUT2D eigenvalue weighted by molar-refractivity contribution is 0.0949. The molecule has 0 bridgehead atoms. The number of hydrogen-bond donors (Lipinski definition) is 2. The van der Waals surface area contributed by atoms with E-state index in [1.54, 1.807) is 54.5 Å². The van der Waals surface area contributed by atoms with Gasteiger partial charge in [0.25, 0.3) is 5.91 Å². The van der Waals surface area contributed by atoms with Crippen LogP contribution in [0.3, 0.4) is 0 Å². The van der Waals surface area contributed by atoms with E-state index < -0.39 is 17.5 Å². The van der Waals surface area contributed by atoms with Crippen LogP contribution in [0.25, 0.3) is 0 Å². The molecule has 0 unspecified atom stereocenters. The number of nitrogens with zero attached hydrogens (tertiary/aromatic N) is 1. The fraction of sp³-hybridized carbons (Fsp3) is 0.167. The number of fused-ring (bicyclic) bond motifs is 1. The average molecular weight is 437 g/mol. The fourth-order valence-corrected chi connectivity index (χ4v) is 3.67. The number of benzene rings is 3. The van der Waals surface area contributed by atoms with Crippen molar-refractivity contribution in [2.75, 3.05) is 23.9 Å². The van der Waals surface area contributed by atoms with Gasteiger partial charge in [0.15, 0.2) is 0 Å². The molecule has 4 rings (SSSR count). The number of urea groups is 1. The lowest BCUT2D eigenvalue weighted by Crippen LogP contribution is -2.33. The molecule has 3 amide bonds. The van der Waals surface area contributed by atoms with E-state index in [1.807, 2.05) is 0 Å². The minimum absolute atomic E-state index is 0.0615. The van der Waals surface area contributed by atoms with Crippen LogP contribution >= 0.6 is 0 Å². The number of methoxy groups -OCH3 is 1. The highest BCUT2D eigenvalue weighted by Crippen LogP contribution is 2.31. The van der Waals surface area contributed by atoms with Crippen molar-refractivity contribution in [3.05, 3.63) is 89.0 Å². The summed E-state index contributed by atoms with van der Waals surface area (Å²) >= 11 is 0. The average Bonchev–Trinajstić information content (AvgIpc) is 3.24. The van der Waals surface area contributed by atoms with E-state index in [1.165, 1.54) is 0 Å². The Morgan fingerprint density at radius 3 is 2.59 bits per heavy atom. The molecule has 2 N–H and O–H groups in total. The zero-order chi connectivity index (χ0) is 22.7. The van der Waals surface area contributed by atoms with Gasteiger partial charge < -0.3 is 15.4 Å². The summed E-state index contributed by atoms with van der Waals surface area (Å²) in [6.07, 6.45) is 0.503. The first kappa shape index (κ1) is 21.3. The summed E-state index contributed by atoms with van der Waals surface area (Å²) in [4.78, 5) is 27.1. The van der Waals surface area contributed by atoms with Crippen molar-refractivity contribution >= 4 is 23.3 Å². The quantitative estimate of drug-likeness (QED) is 0.618. The SMILES string of the molecule is COc1ccc(NC(=O)N2CCc3c(C(=O)NCc4cc(F)ccc4F)cccc32)cc1. The highest BCUT2D eigenvalue weighted by atomic mass is 19.1. The lowest BCUT2D eigenvalue weighted by Gasteiger charge is -2.19. The number of halogens is 2. The molecule has 3 aromatic rings. The molecule has 0 saturated heterocycles. The van der Waals surface area contributed by atoms with Crippen molar-refractivity contribution in [2.45, 2.75) is 13.0 Å². The maximum absolute atomic E-state index is 13.8. The Hall–Kier alpha value is -3.94. The Balaban J connectivity index is 1.47. The molecule has 6 nitrogen and oxygen atoms in total. The van der Waals surface area contributed by atoms with Gasteiger partial charge in [0, 0.05) is 35.6 Å². The molecule has 8 heteroatoms. The number of rotatable bonds is 5. The van der Waals surface area contributed by atoms with Crippen molar-refractivity contribution in [3.8, 4) is 5.75 Å². The Morgan fingerprint density at radius 2 is 1.84 bits per heavy atom. The topological polar surface area (TPSA) is 70.7 Å². The monoisotopic (exact) mass is 437 g/mol. The second kappa shape index (κ2) is 9.05. The Bertz CT molecular complexity index is 1170. The predicted octanol–water partition coefficient (Wildman–Crippen LogP) is 4.50. The van der Waals surface area contributed by atoms with Gasteiger partial charge in [-0.25, -0.2) is 13.6 Å². The van der Waals surface area contributed by atoms with Gasteiger partial charge >= 0.3 is 6.03 Å². The van der Waals surface area contributed by atoms with Crippen LogP contribution in [0.4, 0.5) is 25.0 Å². The molecule has 32 heavy (non-hydrogen) atoms. The lowest BCUT2D eigenvalue weighted by atomic mass is 10.0. The van der Waals surface area contributed by atoms with E-state index >= 15 is 0 Å². The van der Waals surface area contributed by atoms with Gasteiger partial charge in [-0.05, 0) is 66.6 Å². The van der Waals surface area contributed by atoms with Crippen LogP contribution in [0.15, 0.2) is 60.7 Å². The van der Waals surface area contributed by atoms with Gasteiger partial charge in [-0.3, -0.25) is 9.69 Å². The molecule has 0 fully saturated rings. The summed E-state index contributed by atoms with van der Waals surface area (Å²) in [6.45, 7) is 0.272. The van der Waals surface area contributed by atoms with E-state index in [0.717, 1.165) is 23.8 Å². The number of ether oxygens (including phenoxy) is 1. The van der Waals surface area contributed by atoms with Crippen molar-refractivity contribution in [1.82, 2.24) is 5.32 Å².